The molecule has 4 nitrogen and oxygen atoms in total. The lowest BCUT2D eigenvalue weighted by molar-refractivity contribution is 0.460. The highest BCUT2D eigenvalue weighted by Crippen LogP contribution is 2.37. The number of rotatable bonds is 2. The van der Waals surface area contributed by atoms with E-state index >= 15 is 0 Å². The summed E-state index contributed by atoms with van der Waals surface area (Å²) in [5.74, 6) is 0.0823. The molecule has 20 heavy (non-hydrogen) atoms. The molecule has 0 aliphatic carbocycles. The molecule has 2 N–H and O–H groups in total. The van der Waals surface area contributed by atoms with Crippen LogP contribution >= 0.6 is 0 Å². The van der Waals surface area contributed by atoms with Gasteiger partial charge in [0.1, 0.15) is 0 Å². The van der Waals surface area contributed by atoms with Crippen molar-refractivity contribution in [1.29, 1.82) is 0 Å². The van der Waals surface area contributed by atoms with Gasteiger partial charge < -0.3 is 10.1 Å². The highest BCUT2D eigenvalue weighted by Gasteiger charge is 2.14. The summed E-state index contributed by atoms with van der Waals surface area (Å²) in [6.07, 6.45) is 2.74. The van der Waals surface area contributed by atoms with Crippen LogP contribution in [0.25, 0.3) is 27.0 Å². The molecule has 0 fully saturated rings. The third-order valence-electron chi connectivity index (χ3n) is 3.38. The van der Waals surface area contributed by atoms with E-state index in [2.05, 4.69) is 21.7 Å². The van der Waals surface area contributed by atoms with E-state index in [0.717, 1.165) is 22.9 Å². The highest BCUT2D eigenvalue weighted by atomic mass is 16.3. The Morgan fingerprint density at radius 1 is 1.30 bits per heavy atom. The van der Waals surface area contributed by atoms with Crippen LogP contribution in [0.4, 0.5) is 5.69 Å². The summed E-state index contributed by atoms with van der Waals surface area (Å²) >= 11 is 0. The normalized spacial score (nSPS) is 10.6. The summed E-state index contributed by atoms with van der Waals surface area (Å²) < 4.78 is 0. The molecule has 3 aromatic rings. The lowest BCUT2D eigenvalue weighted by Crippen LogP contribution is -1.86. The lowest BCUT2D eigenvalue weighted by atomic mass is 10.1. The van der Waals surface area contributed by atoms with Crippen LogP contribution in [0.2, 0.25) is 0 Å². The number of H-pyrrole nitrogens is 1. The first-order chi connectivity index (χ1) is 9.72. The van der Waals surface area contributed by atoms with Crippen molar-refractivity contribution >= 4 is 16.6 Å². The fourth-order valence-electron chi connectivity index (χ4n) is 2.28. The number of nitrogens with zero attached hydrogens (tertiary/aromatic N) is 2. The van der Waals surface area contributed by atoms with Crippen LogP contribution < -0.4 is 0 Å². The number of aromatic nitrogens is 2. The van der Waals surface area contributed by atoms with Crippen LogP contribution in [-0.4, -0.2) is 15.1 Å². The molecular weight excluding hydrogens is 250 g/mol. The van der Waals surface area contributed by atoms with Crippen molar-refractivity contribution in [3.63, 3.8) is 0 Å². The van der Waals surface area contributed by atoms with Gasteiger partial charge in [0, 0.05) is 17.1 Å². The fourth-order valence-corrected chi connectivity index (χ4v) is 2.28. The second kappa shape index (κ2) is 4.71. The van der Waals surface area contributed by atoms with Gasteiger partial charge in [-0.2, -0.15) is 0 Å². The standard InChI is InChI=1S/C16H13N3O/c1-3-10-4-6-14(18-9-10)15-12-8-11(17-2)5-7-13(12)19-16(15)20/h4-9,19-20H,3H2,1H3. The first-order valence-electron chi connectivity index (χ1n) is 6.40. The molecule has 98 valence electrons. The molecule has 0 spiro atoms. The molecule has 0 aliphatic rings. The summed E-state index contributed by atoms with van der Waals surface area (Å²) in [4.78, 5) is 10.7. The molecular formula is C16H13N3O. The molecule has 2 aromatic heterocycles. The zero-order valence-corrected chi connectivity index (χ0v) is 11.0. The van der Waals surface area contributed by atoms with Crippen LogP contribution in [0, 0.1) is 6.57 Å². The number of aromatic hydroxyl groups is 1. The zero-order valence-electron chi connectivity index (χ0n) is 11.0. The molecule has 2 heterocycles. The van der Waals surface area contributed by atoms with Crippen molar-refractivity contribution in [2.45, 2.75) is 13.3 Å². The first kappa shape index (κ1) is 12.2. The predicted molar refractivity (Wildman–Crippen MR) is 78.8 cm³/mol. The van der Waals surface area contributed by atoms with E-state index in [1.165, 1.54) is 0 Å². The predicted octanol–water partition coefficient (Wildman–Crippen LogP) is 4.05. The topological polar surface area (TPSA) is 53.3 Å². The lowest BCUT2D eigenvalue weighted by Gasteiger charge is -2.02. The SMILES string of the molecule is [C-]#[N+]c1ccc2[nH]c(O)c(-c3ccc(CC)cn3)c2c1. The second-order valence-corrected chi connectivity index (χ2v) is 4.60. The minimum absolute atomic E-state index is 0.0823. The van der Waals surface area contributed by atoms with E-state index < -0.39 is 0 Å². The van der Waals surface area contributed by atoms with E-state index in [9.17, 15) is 5.11 Å². The van der Waals surface area contributed by atoms with E-state index in [1.807, 2.05) is 18.3 Å². The van der Waals surface area contributed by atoms with Gasteiger partial charge in [0.05, 0.1) is 17.8 Å². The van der Waals surface area contributed by atoms with Gasteiger partial charge >= 0.3 is 0 Å². The Bertz CT molecular complexity index is 810. The van der Waals surface area contributed by atoms with Crippen molar-refractivity contribution < 1.29 is 5.11 Å². The summed E-state index contributed by atoms with van der Waals surface area (Å²) in [5.41, 5.74) is 3.84. The van der Waals surface area contributed by atoms with Crippen molar-refractivity contribution in [2.75, 3.05) is 0 Å². The summed E-state index contributed by atoms with van der Waals surface area (Å²) in [6, 6.07) is 9.18. The van der Waals surface area contributed by atoms with Gasteiger partial charge in [-0.05, 0) is 30.2 Å². The largest absolute Gasteiger partial charge is 0.494 e. The van der Waals surface area contributed by atoms with E-state index in [1.54, 1.807) is 18.2 Å². The Balaban J connectivity index is 2.23. The number of nitrogens with one attached hydrogen (secondary N) is 1. The molecule has 3 rings (SSSR count). The number of fused-ring (bicyclic) bond motifs is 1. The van der Waals surface area contributed by atoms with E-state index in [0.29, 0.717) is 16.9 Å². The van der Waals surface area contributed by atoms with E-state index in [4.69, 9.17) is 6.57 Å². The molecule has 0 bridgehead atoms. The number of aryl methyl sites for hydroxylation is 1. The molecule has 0 radical (unpaired) electrons. The Labute approximate surface area is 116 Å². The van der Waals surface area contributed by atoms with Crippen molar-refractivity contribution in [3.05, 3.63) is 53.5 Å². The minimum atomic E-state index is 0.0823. The van der Waals surface area contributed by atoms with Crippen molar-refractivity contribution in [3.8, 4) is 17.1 Å². The maximum atomic E-state index is 10.1. The second-order valence-electron chi connectivity index (χ2n) is 4.60. The van der Waals surface area contributed by atoms with Gasteiger partial charge in [-0.1, -0.05) is 19.1 Å². The van der Waals surface area contributed by atoms with Gasteiger partial charge in [0.2, 0.25) is 0 Å². The summed E-state index contributed by atoms with van der Waals surface area (Å²) in [5, 5.41) is 10.9. The van der Waals surface area contributed by atoms with Gasteiger partial charge in [0.15, 0.2) is 11.6 Å². The number of benzene rings is 1. The molecule has 0 saturated heterocycles. The van der Waals surface area contributed by atoms with Gasteiger partial charge in [-0.25, -0.2) is 4.85 Å². The number of pyridine rings is 1. The number of hydrogen-bond donors (Lipinski definition) is 2. The van der Waals surface area contributed by atoms with Gasteiger partial charge in [-0.3, -0.25) is 4.98 Å². The van der Waals surface area contributed by atoms with Crippen LogP contribution in [0.5, 0.6) is 5.88 Å². The van der Waals surface area contributed by atoms with Gasteiger partial charge in [0.25, 0.3) is 0 Å². The van der Waals surface area contributed by atoms with Crippen molar-refractivity contribution in [2.24, 2.45) is 0 Å². The summed E-state index contributed by atoms with van der Waals surface area (Å²) in [7, 11) is 0. The zero-order chi connectivity index (χ0) is 14.1. The highest BCUT2D eigenvalue weighted by molar-refractivity contribution is 5.99. The smallest absolute Gasteiger partial charge is 0.199 e. The maximum Gasteiger partial charge on any atom is 0.199 e. The van der Waals surface area contributed by atoms with Crippen LogP contribution in [0.3, 0.4) is 0 Å². The molecule has 4 heteroatoms. The Morgan fingerprint density at radius 2 is 2.15 bits per heavy atom. The van der Waals surface area contributed by atoms with Gasteiger partial charge in [-0.15, -0.1) is 0 Å². The molecule has 0 aliphatic heterocycles. The molecule has 0 amide bonds. The summed E-state index contributed by atoms with van der Waals surface area (Å²) in [6.45, 7) is 9.16. The Hall–Kier alpha value is -2.80. The molecule has 0 atom stereocenters. The molecule has 0 saturated carbocycles. The quantitative estimate of drug-likeness (QED) is 0.685. The fraction of sp³-hybridized carbons (Fsp3) is 0.125. The average Bonchev–Trinajstić information content (AvgIpc) is 2.82. The third-order valence-corrected chi connectivity index (χ3v) is 3.38. The monoisotopic (exact) mass is 263 g/mol. The number of hydrogen-bond acceptors (Lipinski definition) is 2. The van der Waals surface area contributed by atoms with Crippen molar-refractivity contribution in [1.82, 2.24) is 9.97 Å². The Kier molecular flexibility index (Phi) is 2.88. The third kappa shape index (κ3) is 1.90. The van der Waals surface area contributed by atoms with Crippen LogP contribution in [0.1, 0.15) is 12.5 Å². The van der Waals surface area contributed by atoms with E-state index in [-0.39, 0.29) is 5.88 Å². The minimum Gasteiger partial charge on any atom is -0.494 e. The number of aromatic amines is 1. The van der Waals surface area contributed by atoms with Crippen LogP contribution in [-0.2, 0) is 6.42 Å². The first-order valence-corrected chi connectivity index (χ1v) is 6.40. The Morgan fingerprint density at radius 3 is 2.80 bits per heavy atom. The molecule has 0 unspecified atom stereocenters. The van der Waals surface area contributed by atoms with Crippen LogP contribution in [0.15, 0.2) is 36.5 Å². The maximum absolute atomic E-state index is 10.1. The average molecular weight is 263 g/mol. The molecule has 1 aromatic carbocycles.